The lowest BCUT2D eigenvalue weighted by molar-refractivity contribution is 0.0955. The molecule has 0 aliphatic carbocycles. The summed E-state index contributed by atoms with van der Waals surface area (Å²) in [5.74, 6) is 0.400. The van der Waals surface area contributed by atoms with E-state index in [0.717, 1.165) is 16.5 Å². The highest BCUT2D eigenvalue weighted by Crippen LogP contribution is 2.20. The van der Waals surface area contributed by atoms with Gasteiger partial charge in [0.15, 0.2) is 0 Å². The van der Waals surface area contributed by atoms with Crippen LogP contribution in [-0.4, -0.2) is 23.2 Å². The van der Waals surface area contributed by atoms with Crippen molar-refractivity contribution in [2.24, 2.45) is 5.10 Å². The fourth-order valence-corrected chi connectivity index (χ4v) is 2.74. The molecule has 2 aromatic carbocycles. The third-order valence-electron chi connectivity index (χ3n) is 3.81. The highest BCUT2D eigenvalue weighted by atomic mass is 35.5. The van der Waals surface area contributed by atoms with Gasteiger partial charge < -0.3 is 4.74 Å². The smallest absolute Gasteiger partial charge is 0.271 e. The van der Waals surface area contributed by atoms with Gasteiger partial charge in [0.2, 0.25) is 0 Å². The van der Waals surface area contributed by atoms with E-state index in [1.807, 2.05) is 45.0 Å². The van der Waals surface area contributed by atoms with Crippen molar-refractivity contribution in [3.63, 3.8) is 0 Å². The Morgan fingerprint density at radius 1 is 1.19 bits per heavy atom. The third-order valence-corrected chi connectivity index (χ3v) is 4.11. The molecule has 5 nitrogen and oxygen atoms in total. The number of amides is 1. The van der Waals surface area contributed by atoms with Gasteiger partial charge in [0.05, 0.1) is 17.8 Å². The molecule has 0 aliphatic rings. The first-order valence-electron chi connectivity index (χ1n) is 8.59. The highest BCUT2D eigenvalue weighted by molar-refractivity contribution is 6.32. The summed E-state index contributed by atoms with van der Waals surface area (Å²) in [5.41, 5.74) is 5.56. The number of rotatable bonds is 5. The summed E-state index contributed by atoms with van der Waals surface area (Å²) < 4.78 is 5.56. The number of nitrogens with one attached hydrogen (secondary N) is 1. The summed E-state index contributed by atoms with van der Waals surface area (Å²) in [6.45, 7) is 5.90. The molecule has 0 radical (unpaired) electrons. The molecule has 0 aliphatic heterocycles. The van der Waals surface area contributed by atoms with Crippen molar-refractivity contribution in [2.75, 3.05) is 0 Å². The molecule has 1 aromatic heterocycles. The van der Waals surface area contributed by atoms with Gasteiger partial charge in [0.25, 0.3) is 5.91 Å². The molecular weight excluding hydrogens is 362 g/mol. The van der Waals surface area contributed by atoms with Crippen LogP contribution in [0.1, 0.15) is 35.3 Å². The number of carbonyl (C=O) groups excluding carboxylic acids is 1. The summed E-state index contributed by atoms with van der Waals surface area (Å²) in [7, 11) is 0. The maximum atomic E-state index is 12.2. The van der Waals surface area contributed by atoms with E-state index in [1.165, 1.54) is 6.21 Å². The molecule has 138 valence electrons. The predicted molar refractivity (Wildman–Crippen MR) is 109 cm³/mol. The predicted octanol–water partition coefficient (Wildman–Crippen LogP) is 4.75. The number of aryl methyl sites for hydroxylation is 1. The Bertz CT molecular complexity index is 998. The first kappa shape index (κ1) is 18.9. The van der Waals surface area contributed by atoms with Crippen LogP contribution >= 0.6 is 11.6 Å². The van der Waals surface area contributed by atoms with E-state index in [4.69, 9.17) is 16.3 Å². The molecule has 0 unspecified atom stereocenters. The van der Waals surface area contributed by atoms with Gasteiger partial charge in [-0.3, -0.25) is 4.79 Å². The minimum Gasteiger partial charge on any atom is -0.491 e. The minimum atomic E-state index is -0.317. The monoisotopic (exact) mass is 381 g/mol. The van der Waals surface area contributed by atoms with Crippen LogP contribution in [0.5, 0.6) is 5.75 Å². The van der Waals surface area contributed by atoms with Crippen LogP contribution in [0.15, 0.2) is 53.6 Å². The maximum absolute atomic E-state index is 12.2. The van der Waals surface area contributed by atoms with Gasteiger partial charge in [-0.15, -0.1) is 0 Å². The lowest BCUT2D eigenvalue weighted by Crippen LogP contribution is -2.17. The van der Waals surface area contributed by atoms with Crippen LogP contribution in [0, 0.1) is 6.92 Å². The largest absolute Gasteiger partial charge is 0.491 e. The Labute approximate surface area is 163 Å². The van der Waals surface area contributed by atoms with Crippen molar-refractivity contribution in [3.05, 3.63) is 70.4 Å². The van der Waals surface area contributed by atoms with Crippen LogP contribution in [0.25, 0.3) is 10.9 Å². The van der Waals surface area contributed by atoms with E-state index >= 15 is 0 Å². The average molecular weight is 382 g/mol. The zero-order chi connectivity index (χ0) is 19.4. The van der Waals surface area contributed by atoms with Gasteiger partial charge in [0, 0.05) is 16.5 Å². The zero-order valence-corrected chi connectivity index (χ0v) is 16.1. The summed E-state index contributed by atoms with van der Waals surface area (Å²) in [5, 5.41) is 5.29. The van der Waals surface area contributed by atoms with Crippen molar-refractivity contribution in [2.45, 2.75) is 26.9 Å². The van der Waals surface area contributed by atoms with Gasteiger partial charge in [0.1, 0.15) is 10.9 Å². The van der Waals surface area contributed by atoms with Gasteiger partial charge in [-0.25, -0.2) is 10.4 Å². The summed E-state index contributed by atoms with van der Waals surface area (Å²) in [4.78, 5) is 16.6. The Balaban J connectivity index is 1.69. The minimum absolute atomic E-state index is 0.0819. The number of nitrogens with zero attached hydrogens (tertiary/aromatic N) is 2. The standard InChI is InChI=1S/C21H20ClN3O2/c1-13(2)27-18-8-6-15(7-9-18)21(26)25-23-12-17-11-16-5-4-14(3)10-19(16)24-20(17)22/h4-13H,1-3H3,(H,25,26)/b23-12-. The highest BCUT2D eigenvalue weighted by Gasteiger charge is 2.06. The topological polar surface area (TPSA) is 63.6 Å². The average Bonchev–Trinajstić information content (AvgIpc) is 2.62. The maximum Gasteiger partial charge on any atom is 0.271 e. The molecule has 1 N–H and O–H groups in total. The van der Waals surface area contributed by atoms with Crippen LogP contribution in [0.2, 0.25) is 5.15 Å². The molecule has 6 heteroatoms. The molecule has 27 heavy (non-hydrogen) atoms. The fourth-order valence-electron chi connectivity index (χ4n) is 2.54. The molecule has 0 saturated heterocycles. The molecule has 0 saturated carbocycles. The normalized spacial score (nSPS) is 11.3. The summed E-state index contributed by atoms with van der Waals surface area (Å²) in [6, 6.07) is 14.7. The molecule has 3 rings (SSSR count). The Morgan fingerprint density at radius 2 is 1.93 bits per heavy atom. The van der Waals surface area contributed by atoms with Crippen LogP contribution in [-0.2, 0) is 0 Å². The first-order valence-corrected chi connectivity index (χ1v) is 8.97. The molecule has 0 spiro atoms. The van der Waals surface area contributed by atoms with Crippen LogP contribution in [0.3, 0.4) is 0 Å². The zero-order valence-electron chi connectivity index (χ0n) is 15.4. The van der Waals surface area contributed by atoms with Gasteiger partial charge in [-0.05, 0) is 62.7 Å². The Hall–Kier alpha value is -2.92. The second kappa shape index (κ2) is 8.18. The van der Waals surface area contributed by atoms with E-state index in [2.05, 4.69) is 15.5 Å². The number of hydrogen-bond donors (Lipinski definition) is 1. The van der Waals surface area contributed by atoms with Crippen molar-refractivity contribution >= 4 is 34.6 Å². The number of hydrazone groups is 1. The Morgan fingerprint density at radius 3 is 2.63 bits per heavy atom. The quantitative estimate of drug-likeness (QED) is 0.394. The first-order chi connectivity index (χ1) is 12.9. The van der Waals surface area contributed by atoms with Crippen molar-refractivity contribution in [1.29, 1.82) is 0 Å². The molecule has 1 heterocycles. The number of ether oxygens (including phenoxy) is 1. The summed E-state index contributed by atoms with van der Waals surface area (Å²) >= 11 is 6.22. The Kier molecular flexibility index (Phi) is 5.72. The van der Waals surface area contributed by atoms with E-state index < -0.39 is 0 Å². The van der Waals surface area contributed by atoms with Gasteiger partial charge in [-0.2, -0.15) is 5.10 Å². The molecule has 0 atom stereocenters. The molecule has 0 fully saturated rings. The molecule has 3 aromatic rings. The number of fused-ring (bicyclic) bond motifs is 1. The van der Waals surface area contributed by atoms with E-state index in [0.29, 0.717) is 22.0 Å². The van der Waals surface area contributed by atoms with Crippen molar-refractivity contribution in [3.8, 4) is 5.75 Å². The number of hydrogen-bond acceptors (Lipinski definition) is 4. The number of halogens is 1. The van der Waals surface area contributed by atoms with Gasteiger partial charge >= 0.3 is 0 Å². The number of aromatic nitrogens is 1. The number of pyridine rings is 1. The van der Waals surface area contributed by atoms with Crippen molar-refractivity contribution < 1.29 is 9.53 Å². The van der Waals surface area contributed by atoms with Crippen LogP contribution in [0.4, 0.5) is 0 Å². The van der Waals surface area contributed by atoms with Gasteiger partial charge in [-0.1, -0.05) is 23.7 Å². The van der Waals surface area contributed by atoms with E-state index in [1.54, 1.807) is 24.3 Å². The van der Waals surface area contributed by atoms with Crippen molar-refractivity contribution in [1.82, 2.24) is 10.4 Å². The fraction of sp³-hybridized carbons (Fsp3) is 0.190. The van der Waals surface area contributed by atoms with E-state index in [-0.39, 0.29) is 12.0 Å². The second-order valence-electron chi connectivity index (χ2n) is 6.45. The third kappa shape index (κ3) is 4.83. The van der Waals surface area contributed by atoms with E-state index in [9.17, 15) is 4.79 Å². The SMILES string of the molecule is Cc1ccc2cc(/C=N\NC(=O)c3ccc(OC(C)C)cc3)c(Cl)nc2c1. The number of benzene rings is 2. The lowest BCUT2D eigenvalue weighted by atomic mass is 10.1. The molecule has 1 amide bonds. The number of carbonyl (C=O) groups is 1. The molecular formula is C21H20ClN3O2. The van der Waals surface area contributed by atoms with Crippen LogP contribution < -0.4 is 10.2 Å². The second-order valence-corrected chi connectivity index (χ2v) is 6.81. The lowest BCUT2D eigenvalue weighted by Gasteiger charge is -2.09. The summed E-state index contributed by atoms with van der Waals surface area (Å²) in [6.07, 6.45) is 1.57. The molecule has 0 bridgehead atoms.